The van der Waals surface area contributed by atoms with Crippen LogP contribution in [0.2, 0.25) is 0 Å². The third kappa shape index (κ3) is 2.46. The number of hydrogen-bond acceptors (Lipinski definition) is 3. The molecule has 0 radical (unpaired) electrons. The van der Waals surface area contributed by atoms with Gasteiger partial charge in [-0.25, -0.2) is 4.39 Å². The van der Waals surface area contributed by atoms with E-state index in [1.165, 1.54) is 12.1 Å². The van der Waals surface area contributed by atoms with Gasteiger partial charge in [0.05, 0.1) is 6.61 Å². The van der Waals surface area contributed by atoms with Crippen molar-refractivity contribution in [3.05, 3.63) is 30.1 Å². The molecule has 1 aromatic rings. The zero-order valence-electron chi connectivity index (χ0n) is 10.2. The highest BCUT2D eigenvalue weighted by Crippen LogP contribution is 2.31. The van der Waals surface area contributed by atoms with Gasteiger partial charge in [0.1, 0.15) is 11.2 Å². The van der Waals surface area contributed by atoms with Crippen LogP contribution in [0.5, 0.6) is 0 Å². The molecule has 1 heterocycles. The maximum atomic E-state index is 13.1. The van der Waals surface area contributed by atoms with Crippen molar-refractivity contribution in [2.75, 3.05) is 31.7 Å². The molecule has 0 bridgehead atoms. The van der Waals surface area contributed by atoms with Gasteiger partial charge < -0.3 is 14.7 Å². The van der Waals surface area contributed by atoms with Gasteiger partial charge in [-0.2, -0.15) is 0 Å². The average Bonchev–Trinajstić information content (AvgIpc) is 2.79. The standard InChI is InChI=1S/C13H16FNO3/c1-15(11-4-2-3-10(14)7-11)8-13(12(16)17)5-6-18-9-13/h2-4,7H,5-6,8-9H2,1H3,(H,16,17). The number of hydrogen-bond donors (Lipinski definition) is 1. The third-order valence-corrected chi connectivity index (χ3v) is 3.35. The van der Waals surface area contributed by atoms with Crippen LogP contribution in [0.1, 0.15) is 6.42 Å². The number of nitrogens with zero attached hydrogens (tertiary/aromatic N) is 1. The lowest BCUT2D eigenvalue weighted by atomic mass is 9.87. The van der Waals surface area contributed by atoms with Crippen LogP contribution < -0.4 is 4.90 Å². The van der Waals surface area contributed by atoms with Gasteiger partial charge in [0.2, 0.25) is 0 Å². The number of ether oxygens (including phenoxy) is 1. The maximum absolute atomic E-state index is 13.1. The molecule has 1 N–H and O–H groups in total. The van der Waals surface area contributed by atoms with Crippen LogP contribution in [0.4, 0.5) is 10.1 Å². The van der Waals surface area contributed by atoms with Crippen LogP contribution in [0.15, 0.2) is 24.3 Å². The summed E-state index contributed by atoms with van der Waals surface area (Å²) in [6.07, 6.45) is 0.488. The quantitative estimate of drug-likeness (QED) is 0.888. The molecule has 1 unspecified atom stereocenters. The summed E-state index contributed by atoms with van der Waals surface area (Å²) in [4.78, 5) is 13.1. The minimum Gasteiger partial charge on any atom is -0.481 e. The summed E-state index contributed by atoms with van der Waals surface area (Å²) in [5, 5.41) is 9.33. The first-order valence-electron chi connectivity index (χ1n) is 5.81. The van der Waals surface area contributed by atoms with E-state index in [2.05, 4.69) is 0 Å². The van der Waals surface area contributed by atoms with Crippen molar-refractivity contribution in [3.8, 4) is 0 Å². The second-order valence-corrected chi connectivity index (χ2v) is 4.72. The fourth-order valence-corrected chi connectivity index (χ4v) is 2.23. The Morgan fingerprint density at radius 1 is 1.61 bits per heavy atom. The van der Waals surface area contributed by atoms with Gasteiger partial charge >= 0.3 is 5.97 Å². The molecule has 2 rings (SSSR count). The van der Waals surface area contributed by atoms with Crippen molar-refractivity contribution in [2.45, 2.75) is 6.42 Å². The maximum Gasteiger partial charge on any atom is 0.313 e. The summed E-state index contributed by atoms with van der Waals surface area (Å²) in [6, 6.07) is 6.13. The lowest BCUT2D eigenvalue weighted by Gasteiger charge is -2.29. The Balaban J connectivity index is 2.15. The molecule has 0 amide bonds. The fourth-order valence-electron chi connectivity index (χ4n) is 2.23. The van der Waals surface area contributed by atoms with E-state index in [1.54, 1.807) is 24.1 Å². The molecule has 0 aromatic heterocycles. The molecule has 1 atom stereocenters. The molecule has 0 aliphatic carbocycles. The first kappa shape index (κ1) is 12.8. The number of carboxylic acid groups (broad SMARTS) is 1. The van der Waals surface area contributed by atoms with Crippen LogP contribution >= 0.6 is 0 Å². The minimum absolute atomic E-state index is 0.210. The van der Waals surface area contributed by atoms with Crippen molar-refractivity contribution in [1.29, 1.82) is 0 Å². The Kier molecular flexibility index (Phi) is 3.52. The Bertz CT molecular complexity index is 444. The van der Waals surface area contributed by atoms with Gasteiger partial charge in [0, 0.05) is 25.9 Å². The van der Waals surface area contributed by atoms with E-state index >= 15 is 0 Å². The van der Waals surface area contributed by atoms with E-state index in [0.29, 0.717) is 25.3 Å². The Morgan fingerprint density at radius 3 is 2.94 bits per heavy atom. The highest BCUT2D eigenvalue weighted by molar-refractivity contribution is 5.76. The number of carbonyl (C=O) groups is 1. The van der Waals surface area contributed by atoms with E-state index < -0.39 is 11.4 Å². The van der Waals surface area contributed by atoms with Gasteiger partial charge in [-0.05, 0) is 24.6 Å². The Labute approximate surface area is 105 Å². The molecule has 1 aliphatic heterocycles. The summed E-state index contributed by atoms with van der Waals surface area (Å²) < 4.78 is 18.3. The number of rotatable bonds is 4. The Morgan fingerprint density at radius 2 is 2.39 bits per heavy atom. The summed E-state index contributed by atoms with van der Waals surface area (Å²) >= 11 is 0. The van der Waals surface area contributed by atoms with E-state index in [1.807, 2.05) is 0 Å². The lowest BCUT2D eigenvalue weighted by Crippen LogP contribution is -2.42. The van der Waals surface area contributed by atoms with Gasteiger partial charge in [-0.3, -0.25) is 4.79 Å². The largest absolute Gasteiger partial charge is 0.481 e. The summed E-state index contributed by atoms with van der Waals surface area (Å²) in [7, 11) is 1.76. The van der Waals surface area contributed by atoms with E-state index in [0.717, 1.165) is 0 Å². The first-order valence-corrected chi connectivity index (χ1v) is 5.81. The summed E-state index contributed by atoms with van der Waals surface area (Å²) in [5.74, 6) is -1.19. The monoisotopic (exact) mass is 253 g/mol. The van der Waals surface area contributed by atoms with Crippen molar-refractivity contribution in [3.63, 3.8) is 0 Å². The van der Waals surface area contributed by atoms with Crippen LogP contribution in [-0.2, 0) is 9.53 Å². The van der Waals surface area contributed by atoms with Gasteiger partial charge in [0.25, 0.3) is 0 Å². The molecule has 4 nitrogen and oxygen atoms in total. The molecule has 0 saturated carbocycles. The van der Waals surface area contributed by atoms with Crippen molar-refractivity contribution in [2.24, 2.45) is 5.41 Å². The second-order valence-electron chi connectivity index (χ2n) is 4.72. The molecule has 98 valence electrons. The highest BCUT2D eigenvalue weighted by Gasteiger charge is 2.43. The SMILES string of the molecule is CN(CC1(C(=O)O)CCOC1)c1cccc(F)c1. The molecule has 18 heavy (non-hydrogen) atoms. The lowest BCUT2D eigenvalue weighted by molar-refractivity contribution is -0.148. The van der Waals surface area contributed by atoms with Crippen molar-refractivity contribution >= 4 is 11.7 Å². The van der Waals surface area contributed by atoms with Crippen LogP contribution in [0, 0.1) is 11.2 Å². The second kappa shape index (κ2) is 4.94. The van der Waals surface area contributed by atoms with Crippen molar-refractivity contribution < 1.29 is 19.0 Å². The third-order valence-electron chi connectivity index (χ3n) is 3.35. The predicted octanol–water partition coefficient (Wildman–Crippen LogP) is 1.75. The number of carboxylic acids is 1. The summed E-state index contributed by atoms with van der Waals surface area (Å²) in [5.41, 5.74) is -0.219. The first-order chi connectivity index (χ1) is 8.53. The van der Waals surface area contributed by atoms with Crippen LogP contribution in [-0.4, -0.2) is 37.9 Å². The molecule has 1 aliphatic rings. The predicted molar refractivity (Wildman–Crippen MR) is 65.2 cm³/mol. The zero-order valence-corrected chi connectivity index (χ0v) is 10.2. The molecule has 1 aromatic carbocycles. The van der Waals surface area contributed by atoms with Crippen molar-refractivity contribution in [1.82, 2.24) is 0 Å². The average molecular weight is 253 g/mol. The molecule has 1 fully saturated rings. The molecular formula is C13H16FNO3. The normalized spacial score (nSPS) is 23.0. The van der Waals surface area contributed by atoms with Gasteiger partial charge in [-0.1, -0.05) is 6.07 Å². The highest BCUT2D eigenvalue weighted by atomic mass is 19.1. The number of halogens is 1. The van der Waals surface area contributed by atoms with Gasteiger partial charge in [-0.15, -0.1) is 0 Å². The van der Waals surface area contributed by atoms with E-state index in [4.69, 9.17) is 4.74 Å². The summed E-state index contributed by atoms with van der Waals surface area (Å²) in [6.45, 7) is 0.983. The number of benzene rings is 1. The Hall–Kier alpha value is -1.62. The smallest absolute Gasteiger partial charge is 0.313 e. The molecule has 1 saturated heterocycles. The van der Waals surface area contributed by atoms with Gasteiger partial charge in [0.15, 0.2) is 0 Å². The number of aliphatic carboxylic acids is 1. The van der Waals surface area contributed by atoms with Crippen LogP contribution in [0.25, 0.3) is 0 Å². The zero-order chi connectivity index (χ0) is 13.2. The topological polar surface area (TPSA) is 49.8 Å². The van der Waals surface area contributed by atoms with E-state index in [9.17, 15) is 14.3 Å². The van der Waals surface area contributed by atoms with Crippen LogP contribution in [0.3, 0.4) is 0 Å². The molecule has 0 spiro atoms. The number of anilines is 1. The minimum atomic E-state index is -0.888. The van der Waals surface area contributed by atoms with E-state index in [-0.39, 0.29) is 12.4 Å². The fraction of sp³-hybridized carbons (Fsp3) is 0.462. The molecular weight excluding hydrogens is 237 g/mol. The molecule has 5 heteroatoms.